The summed E-state index contributed by atoms with van der Waals surface area (Å²) in [5.74, 6) is -0.0248. The van der Waals surface area contributed by atoms with E-state index in [9.17, 15) is 4.79 Å². The highest BCUT2D eigenvalue weighted by Crippen LogP contribution is 2.12. The van der Waals surface area contributed by atoms with Crippen molar-refractivity contribution in [3.63, 3.8) is 0 Å². The average Bonchev–Trinajstić information content (AvgIpc) is 2.26. The van der Waals surface area contributed by atoms with E-state index >= 15 is 0 Å². The molecule has 1 radical (unpaired) electrons. The Bertz CT molecular complexity index is 316. The molecule has 87 valence electrons. The quantitative estimate of drug-likeness (QED) is 0.726. The summed E-state index contributed by atoms with van der Waals surface area (Å²) in [4.78, 5) is 10.8. The Morgan fingerprint density at radius 2 is 1.88 bits per heavy atom. The molecule has 2 nitrogen and oxygen atoms in total. The second-order valence-corrected chi connectivity index (χ2v) is 4.04. The first-order chi connectivity index (χ1) is 7.72. The molecular weight excluding hydrogens is 198 g/mol. The number of aryl methyl sites for hydroxylation is 1. The van der Waals surface area contributed by atoms with E-state index < -0.39 is 0 Å². The predicted molar refractivity (Wildman–Crippen MR) is 68.3 cm³/mol. The summed E-state index contributed by atoms with van der Waals surface area (Å²) >= 11 is 0. The minimum absolute atomic E-state index is 0.0248. The van der Waals surface area contributed by atoms with Gasteiger partial charge in [-0.1, -0.05) is 38.3 Å². The van der Waals surface area contributed by atoms with E-state index in [1.165, 1.54) is 31.7 Å². The third-order valence-corrected chi connectivity index (χ3v) is 2.49. The van der Waals surface area contributed by atoms with Gasteiger partial charge in [0.15, 0.2) is 0 Å². The number of unbranched alkanes of at least 4 members (excludes halogenated alkanes) is 3. The Hall–Kier alpha value is -1.31. The Morgan fingerprint density at radius 3 is 2.44 bits per heavy atom. The van der Waals surface area contributed by atoms with Gasteiger partial charge < -0.3 is 5.32 Å². The summed E-state index contributed by atoms with van der Waals surface area (Å²) in [6.07, 6.45) is 5.82. The fraction of sp³-hybridized carbons (Fsp3) is 0.429. The minimum atomic E-state index is -0.0248. The van der Waals surface area contributed by atoms with Crippen LogP contribution in [-0.2, 0) is 11.2 Å². The van der Waals surface area contributed by atoms with Gasteiger partial charge >= 0.3 is 0 Å². The lowest BCUT2D eigenvalue weighted by atomic mass is 10.1. The molecule has 0 aliphatic rings. The van der Waals surface area contributed by atoms with Crippen LogP contribution < -0.4 is 5.32 Å². The van der Waals surface area contributed by atoms with E-state index in [1.807, 2.05) is 12.1 Å². The van der Waals surface area contributed by atoms with Gasteiger partial charge in [0.25, 0.3) is 0 Å². The van der Waals surface area contributed by atoms with Crippen molar-refractivity contribution in [2.45, 2.75) is 39.0 Å². The smallest absolute Gasteiger partial charge is 0.221 e. The molecule has 0 unspecified atom stereocenters. The number of hydrogen-bond acceptors (Lipinski definition) is 1. The Morgan fingerprint density at radius 1 is 1.19 bits per heavy atom. The summed E-state index contributed by atoms with van der Waals surface area (Å²) < 4.78 is 0. The highest BCUT2D eigenvalue weighted by molar-refractivity contribution is 5.88. The van der Waals surface area contributed by atoms with Crippen molar-refractivity contribution in [1.82, 2.24) is 0 Å². The van der Waals surface area contributed by atoms with Crippen LogP contribution in [0.1, 0.15) is 38.2 Å². The first-order valence-electron chi connectivity index (χ1n) is 5.88. The number of amides is 1. The predicted octanol–water partition coefficient (Wildman–Crippen LogP) is 3.58. The molecule has 0 bridgehead atoms. The molecule has 2 heteroatoms. The van der Waals surface area contributed by atoms with E-state index in [0.29, 0.717) is 0 Å². The van der Waals surface area contributed by atoms with Crippen LogP contribution in [0.4, 0.5) is 5.69 Å². The van der Waals surface area contributed by atoms with Crippen molar-refractivity contribution in [2.75, 3.05) is 5.32 Å². The van der Waals surface area contributed by atoms with Gasteiger partial charge in [-0.15, -0.1) is 0 Å². The summed E-state index contributed by atoms with van der Waals surface area (Å²) in [6, 6.07) is 8.07. The molecule has 0 atom stereocenters. The fourth-order valence-electron chi connectivity index (χ4n) is 1.64. The van der Waals surface area contributed by atoms with Gasteiger partial charge in [-0.2, -0.15) is 0 Å². The molecule has 0 fully saturated rings. The molecule has 0 aromatic heterocycles. The Balaban J connectivity index is 2.36. The van der Waals surface area contributed by atoms with E-state index in [0.717, 1.165) is 18.5 Å². The van der Waals surface area contributed by atoms with Gasteiger partial charge in [0.2, 0.25) is 5.91 Å². The van der Waals surface area contributed by atoms with Crippen molar-refractivity contribution in [1.29, 1.82) is 0 Å². The number of nitrogens with one attached hydrogen (secondary N) is 1. The number of hydrogen-bond donors (Lipinski definition) is 1. The normalized spacial score (nSPS) is 10.1. The van der Waals surface area contributed by atoms with Gasteiger partial charge in [0, 0.05) is 12.6 Å². The fourth-order valence-corrected chi connectivity index (χ4v) is 1.64. The lowest BCUT2D eigenvalue weighted by molar-refractivity contribution is -0.114. The molecule has 1 N–H and O–H groups in total. The van der Waals surface area contributed by atoms with Gasteiger partial charge in [0.05, 0.1) is 0 Å². The first-order valence-corrected chi connectivity index (χ1v) is 5.88. The Labute approximate surface area is 98.1 Å². The standard InChI is InChI=1S/C14H20NO/c1-3-4-5-6-7-13-8-10-14(11-9-13)15-12(2)16/h8-11H,1,3-7H2,2H3,(H,15,16). The molecular formula is C14H20NO. The molecule has 0 aliphatic heterocycles. The maximum Gasteiger partial charge on any atom is 0.221 e. The molecule has 1 aromatic carbocycles. The monoisotopic (exact) mass is 218 g/mol. The van der Waals surface area contributed by atoms with Crippen LogP contribution in [0.2, 0.25) is 0 Å². The molecule has 1 amide bonds. The van der Waals surface area contributed by atoms with Crippen molar-refractivity contribution in [2.24, 2.45) is 0 Å². The van der Waals surface area contributed by atoms with Gasteiger partial charge in [0.1, 0.15) is 0 Å². The minimum Gasteiger partial charge on any atom is -0.326 e. The van der Waals surface area contributed by atoms with Crippen LogP contribution >= 0.6 is 0 Å². The van der Waals surface area contributed by atoms with E-state index in [1.54, 1.807) is 0 Å². The van der Waals surface area contributed by atoms with Crippen LogP contribution in [0.5, 0.6) is 0 Å². The number of rotatable bonds is 6. The third kappa shape index (κ3) is 4.96. The maximum absolute atomic E-state index is 10.8. The largest absolute Gasteiger partial charge is 0.326 e. The van der Waals surface area contributed by atoms with E-state index in [4.69, 9.17) is 0 Å². The lowest BCUT2D eigenvalue weighted by Gasteiger charge is -2.04. The SMILES string of the molecule is [CH2]CCCCCc1ccc(NC(C)=O)cc1. The molecule has 0 spiro atoms. The lowest BCUT2D eigenvalue weighted by Crippen LogP contribution is -2.05. The zero-order valence-corrected chi connectivity index (χ0v) is 9.96. The second-order valence-electron chi connectivity index (χ2n) is 4.04. The van der Waals surface area contributed by atoms with Crippen LogP contribution in [0.25, 0.3) is 0 Å². The van der Waals surface area contributed by atoms with E-state index in [2.05, 4.69) is 24.4 Å². The van der Waals surface area contributed by atoms with Crippen molar-refractivity contribution >= 4 is 11.6 Å². The Kier molecular flexibility index (Phi) is 5.62. The van der Waals surface area contributed by atoms with Crippen molar-refractivity contribution < 1.29 is 4.79 Å². The molecule has 16 heavy (non-hydrogen) atoms. The summed E-state index contributed by atoms with van der Waals surface area (Å²) in [5.41, 5.74) is 2.20. The average molecular weight is 218 g/mol. The molecule has 0 aliphatic carbocycles. The molecule has 0 saturated heterocycles. The summed E-state index contributed by atoms with van der Waals surface area (Å²) in [6.45, 7) is 5.35. The highest BCUT2D eigenvalue weighted by Gasteiger charge is 1.96. The molecule has 1 rings (SSSR count). The number of benzene rings is 1. The van der Waals surface area contributed by atoms with Gasteiger partial charge in [-0.25, -0.2) is 0 Å². The molecule has 0 saturated carbocycles. The second kappa shape index (κ2) is 7.04. The first kappa shape index (κ1) is 12.8. The third-order valence-electron chi connectivity index (χ3n) is 2.49. The van der Waals surface area contributed by atoms with Crippen LogP contribution in [-0.4, -0.2) is 5.91 Å². The van der Waals surface area contributed by atoms with Gasteiger partial charge in [-0.3, -0.25) is 4.79 Å². The van der Waals surface area contributed by atoms with Crippen LogP contribution in [0.3, 0.4) is 0 Å². The number of carbonyl (C=O) groups is 1. The summed E-state index contributed by atoms with van der Waals surface area (Å²) in [7, 11) is 0. The summed E-state index contributed by atoms with van der Waals surface area (Å²) in [5, 5.41) is 2.76. The molecule has 0 heterocycles. The zero-order valence-electron chi connectivity index (χ0n) is 9.96. The van der Waals surface area contributed by atoms with Crippen molar-refractivity contribution in [3.05, 3.63) is 36.8 Å². The zero-order chi connectivity index (χ0) is 11.8. The van der Waals surface area contributed by atoms with Crippen LogP contribution in [0.15, 0.2) is 24.3 Å². The molecule has 1 aromatic rings. The topological polar surface area (TPSA) is 29.1 Å². The van der Waals surface area contributed by atoms with Crippen LogP contribution in [0, 0.1) is 6.92 Å². The van der Waals surface area contributed by atoms with E-state index in [-0.39, 0.29) is 5.91 Å². The highest BCUT2D eigenvalue weighted by atomic mass is 16.1. The van der Waals surface area contributed by atoms with Gasteiger partial charge in [-0.05, 0) is 30.5 Å². The maximum atomic E-state index is 10.8. The number of anilines is 1. The van der Waals surface area contributed by atoms with Crippen molar-refractivity contribution in [3.8, 4) is 0 Å². The number of carbonyl (C=O) groups excluding carboxylic acids is 1.